The average Bonchev–Trinajstić information content (AvgIpc) is 2.38. The third kappa shape index (κ3) is 6.73. The SMILES string of the molecule is CC[C@H](C)[C@H](C/C=C\C[C@@H](O)[C@@H](CC)C(=O)[O-])OC. The van der Waals surface area contributed by atoms with Gasteiger partial charge in [0.2, 0.25) is 0 Å². The van der Waals surface area contributed by atoms with Crippen LogP contribution in [0.3, 0.4) is 0 Å². The number of methoxy groups -OCH3 is 1. The highest BCUT2D eigenvalue weighted by Gasteiger charge is 2.17. The molecule has 112 valence electrons. The molecule has 4 atom stereocenters. The molecular weight excluding hydrogens is 244 g/mol. The molecule has 0 aromatic carbocycles. The van der Waals surface area contributed by atoms with E-state index in [1.807, 2.05) is 12.2 Å². The lowest BCUT2D eigenvalue weighted by Crippen LogP contribution is -2.38. The van der Waals surface area contributed by atoms with Crippen LogP contribution in [0.15, 0.2) is 12.2 Å². The normalized spacial score (nSPS) is 18.2. The molecule has 0 aromatic rings. The topological polar surface area (TPSA) is 69.6 Å². The van der Waals surface area contributed by atoms with E-state index in [9.17, 15) is 15.0 Å². The smallest absolute Gasteiger partial charge is 0.0654 e. The van der Waals surface area contributed by atoms with E-state index in [0.29, 0.717) is 18.8 Å². The van der Waals surface area contributed by atoms with Crippen LogP contribution in [0.25, 0.3) is 0 Å². The number of aliphatic hydroxyl groups excluding tert-OH is 1. The predicted octanol–water partition coefficient (Wildman–Crippen LogP) is 1.52. The van der Waals surface area contributed by atoms with Gasteiger partial charge in [-0.1, -0.05) is 39.3 Å². The van der Waals surface area contributed by atoms with E-state index in [1.165, 1.54) is 0 Å². The van der Waals surface area contributed by atoms with E-state index in [2.05, 4.69) is 13.8 Å². The number of carboxylic acids is 1. The maximum atomic E-state index is 10.8. The van der Waals surface area contributed by atoms with Crippen molar-refractivity contribution < 1.29 is 19.7 Å². The first-order valence-corrected chi connectivity index (χ1v) is 7.04. The van der Waals surface area contributed by atoms with Gasteiger partial charge in [0.05, 0.1) is 12.2 Å². The van der Waals surface area contributed by atoms with Crippen LogP contribution in [0.5, 0.6) is 0 Å². The Morgan fingerprint density at radius 2 is 1.84 bits per heavy atom. The van der Waals surface area contributed by atoms with E-state index in [-0.39, 0.29) is 6.10 Å². The molecule has 0 spiro atoms. The van der Waals surface area contributed by atoms with Gasteiger partial charge in [-0.25, -0.2) is 0 Å². The number of carbonyl (C=O) groups is 1. The molecule has 0 aliphatic heterocycles. The number of ether oxygens (including phenoxy) is 1. The number of aliphatic carboxylic acids is 1. The fourth-order valence-electron chi connectivity index (χ4n) is 2.05. The lowest BCUT2D eigenvalue weighted by molar-refractivity contribution is -0.314. The highest BCUT2D eigenvalue weighted by Crippen LogP contribution is 2.16. The molecule has 0 aromatic heterocycles. The van der Waals surface area contributed by atoms with Gasteiger partial charge in [0.15, 0.2) is 0 Å². The van der Waals surface area contributed by atoms with Gasteiger partial charge in [-0.05, 0) is 25.2 Å². The molecule has 0 saturated carbocycles. The van der Waals surface area contributed by atoms with Crippen molar-refractivity contribution in [2.24, 2.45) is 11.8 Å². The lowest BCUT2D eigenvalue weighted by atomic mass is 9.96. The Balaban J connectivity index is 4.17. The van der Waals surface area contributed by atoms with E-state index in [4.69, 9.17) is 4.74 Å². The molecule has 0 rings (SSSR count). The van der Waals surface area contributed by atoms with Crippen molar-refractivity contribution in [2.45, 2.75) is 58.7 Å². The molecule has 1 N–H and O–H groups in total. The zero-order valence-electron chi connectivity index (χ0n) is 12.5. The Labute approximate surface area is 116 Å². The summed E-state index contributed by atoms with van der Waals surface area (Å²) in [5, 5.41) is 20.5. The number of hydrogen-bond donors (Lipinski definition) is 1. The number of rotatable bonds is 10. The average molecular weight is 271 g/mol. The standard InChI is InChI=1S/C15H28O4/c1-5-11(3)14(19-4)10-8-7-9-13(16)12(6-2)15(17)18/h7-8,11-14,16H,5-6,9-10H2,1-4H3,(H,17,18)/p-1/b8-7-/t11-,12+,13+,14-/m0/s1. The summed E-state index contributed by atoms with van der Waals surface area (Å²) >= 11 is 0. The Hall–Kier alpha value is -0.870. The summed E-state index contributed by atoms with van der Waals surface area (Å²) in [4.78, 5) is 10.8. The quantitative estimate of drug-likeness (QED) is 0.612. The van der Waals surface area contributed by atoms with Gasteiger partial charge in [-0.2, -0.15) is 0 Å². The molecule has 0 bridgehead atoms. The van der Waals surface area contributed by atoms with Crippen LogP contribution >= 0.6 is 0 Å². The first kappa shape index (κ1) is 18.1. The van der Waals surface area contributed by atoms with Gasteiger partial charge in [-0.15, -0.1) is 0 Å². The molecular formula is C15H27O4-. The van der Waals surface area contributed by atoms with Crippen LogP contribution in [-0.4, -0.2) is 30.4 Å². The van der Waals surface area contributed by atoms with E-state index in [1.54, 1.807) is 14.0 Å². The minimum absolute atomic E-state index is 0.168. The molecule has 19 heavy (non-hydrogen) atoms. The molecule has 0 saturated heterocycles. The summed E-state index contributed by atoms with van der Waals surface area (Å²) in [6, 6.07) is 0. The second-order valence-corrected chi connectivity index (χ2v) is 5.00. The summed E-state index contributed by atoms with van der Waals surface area (Å²) < 4.78 is 5.40. The number of carboxylic acid groups (broad SMARTS) is 1. The molecule has 0 aliphatic rings. The van der Waals surface area contributed by atoms with Crippen molar-refractivity contribution in [3.05, 3.63) is 12.2 Å². The van der Waals surface area contributed by atoms with Crippen molar-refractivity contribution >= 4 is 5.97 Å². The van der Waals surface area contributed by atoms with E-state index in [0.717, 1.165) is 12.8 Å². The molecule has 4 heteroatoms. The van der Waals surface area contributed by atoms with Gasteiger partial charge >= 0.3 is 0 Å². The van der Waals surface area contributed by atoms with Crippen molar-refractivity contribution in [3.8, 4) is 0 Å². The zero-order chi connectivity index (χ0) is 14.8. The second-order valence-electron chi connectivity index (χ2n) is 5.00. The monoisotopic (exact) mass is 271 g/mol. The number of hydrogen-bond acceptors (Lipinski definition) is 4. The van der Waals surface area contributed by atoms with Gasteiger partial charge in [-0.3, -0.25) is 0 Å². The van der Waals surface area contributed by atoms with Crippen molar-refractivity contribution in [1.82, 2.24) is 0 Å². The van der Waals surface area contributed by atoms with Gasteiger partial charge < -0.3 is 19.7 Å². The summed E-state index contributed by atoms with van der Waals surface area (Å²) in [7, 11) is 1.70. The summed E-state index contributed by atoms with van der Waals surface area (Å²) in [6.07, 6.45) is 5.61. The van der Waals surface area contributed by atoms with Gasteiger partial charge in [0.25, 0.3) is 0 Å². The third-order valence-electron chi connectivity index (χ3n) is 3.70. The molecule has 0 heterocycles. The number of carbonyl (C=O) groups excluding carboxylic acids is 1. The van der Waals surface area contributed by atoms with Crippen LogP contribution in [0.2, 0.25) is 0 Å². The van der Waals surface area contributed by atoms with E-state index >= 15 is 0 Å². The van der Waals surface area contributed by atoms with Crippen molar-refractivity contribution in [1.29, 1.82) is 0 Å². The summed E-state index contributed by atoms with van der Waals surface area (Å²) in [5.41, 5.74) is 0. The fraction of sp³-hybridized carbons (Fsp3) is 0.800. The van der Waals surface area contributed by atoms with Crippen LogP contribution in [-0.2, 0) is 9.53 Å². The molecule has 0 radical (unpaired) electrons. The van der Waals surface area contributed by atoms with Gasteiger partial charge in [0, 0.05) is 19.0 Å². The fourth-order valence-corrected chi connectivity index (χ4v) is 2.05. The Morgan fingerprint density at radius 3 is 2.26 bits per heavy atom. The Bertz CT molecular complexity index is 275. The summed E-state index contributed by atoms with van der Waals surface area (Å²) in [6.45, 7) is 5.99. The van der Waals surface area contributed by atoms with Gasteiger partial charge in [0.1, 0.15) is 0 Å². The largest absolute Gasteiger partial charge is 0.550 e. The highest BCUT2D eigenvalue weighted by atomic mass is 16.5. The van der Waals surface area contributed by atoms with Crippen molar-refractivity contribution in [3.63, 3.8) is 0 Å². The van der Waals surface area contributed by atoms with Crippen LogP contribution in [0.1, 0.15) is 46.5 Å². The zero-order valence-corrected chi connectivity index (χ0v) is 12.5. The maximum absolute atomic E-state index is 10.8. The first-order valence-electron chi connectivity index (χ1n) is 7.04. The Kier molecular flexibility index (Phi) is 9.53. The second kappa shape index (κ2) is 9.98. The lowest BCUT2D eigenvalue weighted by Gasteiger charge is -2.21. The molecule has 0 aliphatic carbocycles. The minimum Gasteiger partial charge on any atom is -0.550 e. The molecule has 0 fully saturated rings. The summed E-state index contributed by atoms with van der Waals surface area (Å²) in [5.74, 6) is -1.50. The van der Waals surface area contributed by atoms with Crippen LogP contribution in [0, 0.1) is 11.8 Å². The van der Waals surface area contributed by atoms with Crippen molar-refractivity contribution in [2.75, 3.05) is 7.11 Å². The van der Waals surface area contributed by atoms with Crippen LogP contribution < -0.4 is 5.11 Å². The van der Waals surface area contributed by atoms with Crippen LogP contribution in [0.4, 0.5) is 0 Å². The maximum Gasteiger partial charge on any atom is 0.0654 e. The predicted molar refractivity (Wildman–Crippen MR) is 73.4 cm³/mol. The molecule has 0 amide bonds. The molecule has 4 nitrogen and oxygen atoms in total. The molecule has 0 unspecified atom stereocenters. The minimum atomic E-state index is -1.18. The van der Waals surface area contributed by atoms with E-state index < -0.39 is 18.0 Å². The number of aliphatic hydroxyl groups is 1. The Morgan fingerprint density at radius 1 is 1.26 bits per heavy atom. The first-order chi connectivity index (χ1) is 8.97. The third-order valence-corrected chi connectivity index (χ3v) is 3.70. The highest BCUT2D eigenvalue weighted by molar-refractivity contribution is 5.68.